The highest BCUT2D eigenvalue weighted by Crippen LogP contribution is 2.57. The maximum atomic E-state index is 12.8. The Morgan fingerprint density at radius 2 is 1.60 bits per heavy atom. The topological polar surface area (TPSA) is 35.5 Å². The van der Waals surface area contributed by atoms with Crippen molar-refractivity contribution < 1.29 is 13.6 Å². The van der Waals surface area contributed by atoms with Crippen LogP contribution in [-0.4, -0.2) is 23.1 Å². The first-order valence-corrected chi connectivity index (χ1v) is 9.65. The van der Waals surface area contributed by atoms with Crippen LogP contribution >= 0.6 is 31.0 Å². The van der Waals surface area contributed by atoms with E-state index in [1.807, 2.05) is 58.0 Å². The summed E-state index contributed by atoms with van der Waals surface area (Å²) in [6, 6.07) is 9.86. The summed E-state index contributed by atoms with van der Waals surface area (Å²) in [5.74, 6) is 0.474. The number of hydrogen-bond donors (Lipinski definition) is 0. The minimum atomic E-state index is -3.32. The number of alkyl halides is 1. The molecule has 0 aliphatic rings. The van der Waals surface area contributed by atoms with E-state index in [1.165, 1.54) is 0 Å². The first-order valence-electron chi connectivity index (χ1n) is 6.62. The van der Waals surface area contributed by atoms with E-state index in [0.717, 1.165) is 4.90 Å². The minimum absolute atomic E-state index is 0.192. The molecule has 1 unspecified atom stereocenters. The fourth-order valence-electron chi connectivity index (χ4n) is 1.52. The highest BCUT2D eigenvalue weighted by molar-refractivity contribution is 7.99. The molecule has 0 amide bonds. The van der Waals surface area contributed by atoms with Crippen molar-refractivity contribution in [1.29, 1.82) is 0 Å². The number of hydrogen-bond acceptors (Lipinski definition) is 4. The Morgan fingerprint density at radius 1 is 1.10 bits per heavy atom. The predicted octanol–water partition coefficient (Wildman–Crippen LogP) is 5.39. The van der Waals surface area contributed by atoms with Crippen LogP contribution < -0.4 is 0 Å². The Bertz CT molecular complexity index is 425. The van der Waals surface area contributed by atoms with Crippen LogP contribution in [0.3, 0.4) is 0 Å². The van der Waals surface area contributed by atoms with Crippen molar-refractivity contribution in [2.24, 2.45) is 0 Å². The second kappa shape index (κ2) is 8.45. The average molecular weight is 337 g/mol. The summed E-state index contributed by atoms with van der Waals surface area (Å²) in [6.45, 7) is 7.29. The third-order valence-corrected chi connectivity index (χ3v) is 6.90. The van der Waals surface area contributed by atoms with Gasteiger partial charge in [0, 0.05) is 10.6 Å². The molecule has 1 rings (SSSR count). The quantitative estimate of drug-likeness (QED) is 0.362. The Kier molecular flexibility index (Phi) is 7.63. The van der Waals surface area contributed by atoms with Gasteiger partial charge in [0.1, 0.15) is 5.12 Å². The number of halogens is 1. The SMILES string of the molecule is CC(C)OP(=O)(OC(C)C)C(Cl)CSc1ccccc1. The molecule has 0 heterocycles. The van der Waals surface area contributed by atoms with Gasteiger partial charge >= 0.3 is 7.60 Å². The third kappa shape index (κ3) is 6.19. The molecule has 20 heavy (non-hydrogen) atoms. The molecule has 0 radical (unpaired) electrons. The molecule has 0 spiro atoms. The molecular weight excluding hydrogens is 315 g/mol. The Morgan fingerprint density at radius 3 is 2.05 bits per heavy atom. The zero-order valence-corrected chi connectivity index (χ0v) is 14.8. The highest BCUT2D eigenvalue weighted by atomic mass is 35.5. The van der Waals surface area contributed by atoms with Crippen molar-refractivity contribution in [3.63, 3.8) is 0 Å². The van der Waals surface area contributed by atoms with Gasteiger partial charge < -0.3 is 9.05 Å². The average Bonchev–Trinajstić information content (AvgIpc) is 2.35. The lowest BCUT2D eigenvalue weighted by Gasteiger charge is -2.26. The van der Waals surface area contributed by atoms with Gasteiger partial charge in [0.25, 0.3) is 0 Å². The summed E-state index contributed by atoms with van der Waals surface area (Å²) < 4.78 is 23.7. The van der Waals surface area contributed by atoms with Crippen LogP contribution in [0.5, 0.6) is 0 Å². The monoisotopic (exact) mass is 336 g/mol. The standard InChI is InChI=1S/C14H22ClO3PS/c1-11(2)17-19(16,18-12(3)4)14(15)10-20-13-8-6-5-7-9-13/h5-9,11-12,14H,10H2,1-4H3. The fourth-order valence-corrected chi connectivity index (χ4v) is 5.11. The smallest absolute Gasteiger partial charge is 0.305 e. The summed E-state index contributed by atoms with van der Waals surface area (Å²) in [5, 5.41) is -0.669. The zero-order valence-electron chi connectivity index (χ0n) is 12.3. The molecule has 0 bridgehead atoms. The van der Waals surface area contributed by atoms with Gasteiger partial charge in [-0.1, -0.05) is 18.2 Å². The minimum Gasteiger partial charge on any atom is -0.305 e. The summed E-state index contributed by atoms with van der Waals surface area (Å²) in [7, 11) is -3.32. The molecule has 0 aromatic heterocycles. The maximum absolute atomic E-state index is 12.8. The van der Waals surface area contributed by atoms with Gasteiger partial charge in [-0.05, 0) is 39.8 Å². The number of rotatable bonds is 8. The van der Waals surface area contributed by atoms with Crippen molar-refractivity contribution in [3.05, 3.63) is 30.3 Å². The van der Waals surface area contributed by atoms with Crippen molar-refractivity contribution in [2.45, 2.75) is 49.9 Å². The first-order chi connectivity index (χ1) is 9.33. The van der Waals surface area contributed by atoms with Crippen LogP contribution in [0.2, 0.25) is 0 Å². The van der Waals surface area contributed by atoms with Crippen molar-refractivity contribution >= 4 is 31.0 Å². The summed E-state index contributed by atoms with van der Waals surface area (Å²) in [4.78, 5) is 1.08. The van der Waals surface area contributed by atoms with Crippen LogP contribution in [0.1, 0.15) is 27.7 Å². The van der Waals surface area contributed by atoms with Gasteiger partial charge in [0.15, 0.2) is 0 Å². The molecule has 0 N–H and O–H groups in total. The van der Waals surface area contributed by atoms with E-state index in [0.29, 0.717) is 5.75 Å². The largest absolute Gasteiger partial charge is 0.349 e. The van der Waals surface area contributed by atoms with Crippen molar-refractivity contribution in [1.82, 2.24) is 0 Å². The lowest BCUT2D eigenvalue weighted by Crippen LogP contribution is -2.16. The highest BCUT2D eigenvalue weighted by Gasteiger charge is 2.36. The molecule has 114 valence electrons. The lowest BCUT2D eigenvalue weighted by atomic mass is 10.4. The maximum Gasteiger partial charge on any atom is 0.349 e. The molecule has 6 heteroatoms. The fraction of sp³-hybridized carbons (Fsp3) is 0.571. The van der Waals surface area contributed by atoms with E-state index in [-0.39, 0.29) is 12.2 Å². The molecule has 1 aromatic rings. The molecular formula is C14H22ClO3PS. The zero-order chi connectivity index (χ0) is 15.2. The van der Waals surface area contributed by atoms with Gasteiger partial charge in [0.2, 0.25) is 0 Å². The summed E-state index contributed by atoms with van der Waals surface area (Å²) >= 11 is 7.84. The van der Waals surface area contributed by atoms with Gasteiger partial charge in [0.05, 0.1) is 12.2 Å². The molecule has 0 fully saturated rings. The Hall–Kier alpha value is 0.01000. The van der Waals surface area contributed by atoms with E-state index in [4.69, 9.17) is 20.6 Å². The normalized spacial score (nSPS) is 13.9. The molecule has 1 aromatic carbocycles. The molecule has 0 aliphatic carbocycles. The Labute approximate surface area is 130 Å². The van der Waals surface area contributed by atoms with E-state index in [9.17, 15) is 4.57 Å². The second-order valence-electron chi connectivity index (χ2n) is 4.91. The van der Waals surface area contributed by atoms with E-state index in [2.05, 4.69) is 0 Å². The first kappa shape index (κ1) is 18.1. The van der Waals surface area contributed by atoms with E-state index >= 15 is 0 Å². The lowest BCUT2D eigenvalue weighted by molar-refractivity contribution is 0.141. The summed E-state index contributed by atoms with van der Waals surface area (Å²) in [6.07, 6.45) is -0.384. The Balaban J connectivity index is 2.68. The summed E-state index contributed by atoms with van der Waals surface area (Å²) in [5.41, 5.74) is 0. The van der Waals surface area contributed by atoms with E-state index in [1.54, 1.807) is 11.8 Å². The van der Waals surface area contributed by atoms with Crippen LogP contribution in [0.4, 0.5) is 0 Å². The second-order valence-corrected chi connectivity index (χ2v) is 8.96. The van der Waals surface area contributed by atoms with Crippen molar-refractivity contribution in [3.8, 4) is 0 Å². The van der Waals surface area contributed by atoms with Gasteiger partial charge in [-0.2, -0.15) is 0 Å². The predicted molar refractivity (Wildman–Crippen MR) is 86.9 cm³/mol. The molecule has 0 saturated carbocycles. The van der Waals surface area contributed by atoms with Crippen LogP contribution in [0, 0.1) is 0 Å². The van der Waals surface area contributed by atoms with Crippen molar-refractivity contribution in [2.75, 3.05) is 5.75 Å². The van der Waals surface area contributed by atoms with E-state index < -0.39 is 12.7 Å². The molecule has 3 nitrogen and oxygen atoms in total. The van der Waals surface area contributed by atoms with Gasteiger partial charge in [-0.15, -0.1) is 23.4 Å². The van der Waals surface area contributed by atoms with Gasteiger partial charge in [-0.25, -0.2) is 0 Å². The third-order valence-electron chi connectivity index (χ3n) is 2.19. The van der Waals surface area contributed by atoms with Gasteiger partial charge in [-0.3, -0.25) is 4.57 Å². The number of benzene rings is 1. The van der Waals surface area contributed by atoms with Crippen LogP contribution in [0.25, 0.3) is 0 Å². The molecule has 0 aliphatic heterocycles. The molecule has 0 saturated heterocycles. The number of thioether (sulfide) groups is 1. The molecule has 1 atom stereocenters. The van der Waals surface area contributed by atoms with Crippen LogP contribution in [-0.2, 0) is 13.6 Å². The van der Waals surface area contributed by atoms with Crippen LogP contribution in [0.15, 0.2) is 35.2 Å².